The lowest BCUT2D eigenvalue weighted by Gasteiger charge is -2.07. The van der Waals surface area contributed by atoms with Crippen molar-refractivity contribution in [3.8, 4) is 0 Å². The van der Waals surface area contributed by atoms with Crippen LogP contribution in [-0.2, 0) is 13.6 Å². The van der Waals surface area contributed by atoms with E-state index in [1.54, 1.807) is 0 Å². The van der Waals surface area contributed by atoms with Crippen LogP contribution in [0, 0.1) is 0 Å². The maximum atomic E-state index is 4.25. The Kier molecular flexibility index (Phi) is 3.25. The lowest BCUT2D eigenvalue weighted by atomic mass is 10.2. The van der Waals surface area contributed by atoms with Crippen LogP contribution in [0.3, 0.4) is 0 Å². The van der Waals surface area contributed by atoms with Crippen LogP contribution in [0.4, 0.5) is 5.69 Å². The summed E-state index contributed by atoms with van der Waals surface area (Å²) in [5.74, 6) is 0. The highest BCUT2D eigenvalue weighted by molar-refractivity contribution is 9.10. The van der Waals surface area contributed by atoms with E-state index in [1.807, 2.05) is 17.9 Å². The van der Waals surface area contributed by atoms with E-state index in [4.69, 9.17) is 0 Å². The molecule has 0 spiro atoms. The number of aryl methyl sites for hydroxylation is 1. The zero-order valence-corrected chi connectivity index (χ0v) is 12.2. The van der Waals surface area contributed by atoms with E-state index in [0.717, 1.165) is 27.6 Å². The van der Waals surface area contributed by atoms with Gasteiger partial charge in [0.15, 0.2) is 0 Å². The minimum Gasteiger partial charge on any atom is -0.381 e. The SMILES string of the molecule is Cn1ncc2ccc(NCc3ccc(Br)cc3)cc21. The Morgan fingerprint density at radius 3 is 2.74 bits per heavy atom. The van der Waals surface area contributed by atoms with Gasteiger partial charge in [-0.2, -0.15) is 5.10 Å². The zero-order valence-electron chi connectivity index (χ0n) is 10.6. The number of hydrogen-bond donors (Lipinski definition) is 1. The molecule has 19 heavy (non-hydrogen) atoms. The minimum atomic E-state index is 0.816. The van der Waals surface area contributed by atoms with Gasteiger partial charge in [0, 0.05) is 29.1 Å². The lowest BCUT2D eigenvalue weighted by molar-refractivity contribution is 0.797. The van der Waals surface area contributed by atoms with Crippen LogP contribution in [0.5, 0.6) is 0 Å². The van der Waals surface area contributed by atoms with Gasteiger partial charge >= 0.3 is 0 Å². The van der Waals surface area contributed by atoms with Gasteiger partial charge in [-0.25, -0.2) is 0 Å². The van der Waals surface area contributed by atoms with Crippen molar-refractivity contribution >= 4 is 32.5 Å². The first-order valence-corrected chi connectivity index (χ1v) is 6.92. The summed E-state index contributed by atoms with van der Waals surface area (Å²) < 4.78 is 2.99. The molecule has 1 N–H and O–H groups in total. The second-order valence-electron chi connectivity index (χ2n) is 4.52. The molecule has 1 heterocycles. The van der Waals surface area contributed by atoms with Gasteiger partial charge in [-0.05, 0) is 35.9 Å². The summed E-state index contributed by atoms with van der Waals surface area (Å²) >= 11 is 3.44. The molecule has 0 atom stereocenters. The van der Waals surface area contributed by atoms with Gasteiger partial charge in [0.05, 0.1) is 11.7 Å². The smallest absolute Gasteiger partial charge is 0.0699 e. The van der Waals surface area contributed by atoms with E-state index >= 15 is 0 Å². The van der Waals surface area contributed by atoms with Crippen molar-refractivity contribution in [1.29, 1.82) is 0 Å². The van der Waals surface area contributed by atoms with E-state index < -0.39 is 0 Å². The number of aromatic nitrogens is 2. The highest BCUT2D eigenvalue weighted by Crippen LogP contribution is 2.19. The molecule has 0 bridgehead atoms. The van der Waals surface area contributed by atoms with Crippen molar-refractivity contribution in [2.75, 3.05) is 5.32 Å². The molecular formula is C15H14BrN3. The Labute approximate surface area is 120 Å². The Bertz CT molecular complexity index is 701. The third-order valence-corrected chi connectivity index (χ3v) is 3.69. The number of rotatable bonds is 3. The zero-order chi connectivity index (χ0) is 13.2. The molecule has 0 radical (unpaired) electrons. The molecule has 1 aromatic heterocycles. The van der Waals surface area contributed by atoms with Gasteiger partial charge in [0.2, 0.25) is 0 Å². The van der Waals surface area contributed by atoms with Crippen LogP contribution >= 0.6 is 15.9 Å². The number of fused-ring (bicyclic) bond motifs is 1. The molecule has 0 amide bonds. The van der Waals surface area contributed by atoms with Crippen molar-refractivity contribution in [2.24, 2.45) is 7.05 Å². The average molecular weight is 316 g/mol. The van der Waals surface area contributed by atoms with E-state index in [9.17, 15) is 0 Å². The molecule has 0 unspecified atom stereocenters. The molecule has 96 valence electrons. The second-order valence-corrected chi connectivity index (χ2v) is 5.44. The van der Waals surface area contributed by atoms with Crippen LogP contribution in [0.2, 0.25) is 0 Å². The maximum absolute atomic E-state index is 4.25. The van der Waals surface area contributed by atoms with Gasteiger partial charge in [-0.3, -0.25) is 4.68 Å². The third kappa shape index (κ3) is 2.63. The normalized spacial score (nSPS) is 10.8. The van der Waals surface area contributed by atoms with Crippen LogP contribution in [-0.4, -0.2) is 9.78 Å². The summed E-state index contributed by atoms with van der Waals surface area (Å²) in [7, 11) is 1.96. The van der Waals surface area contributed by atoms with Crippen LogP contribution < -0.4 is 5.32 Å². The third-order valence-electron chi connectivity index (χ3n) is 3.16. The van der Waals surface area contributed by atoms with E-state index in [-0.39, 0.29) is 0 Å². The van der Waals surface area contributed by atoms with Gasteiger partial charge in [-0.1, -0.05) is 28.1 Å². The molecule has 0 aliphatic rings. The predicted molar refractivity (Wildman–Crippen MR) is 82.2 cm³/mol. The highest BCUT2D eigenvalue weighted by atomic mass is 79.9. The Hall–Kier alpha value is -1.81. The molecule has 3 aromatic rings. The molecule has 3 rings (SSSR count). The Morgan fingerprint density at radius 1 is 1.16 bits per heavy atom. The summed E-state index contributed by atoms with van der Waals surface area (Å²) in [4.78, 5) is 0. The fraction of sp³-hybridized carbons (Fsp3) is 0.133. The molecule has 0 aliphatic carbocycles. The number of nitrogens with zero attached hydrogens (tertiary/aromatic N) is 2. The summed E-state index contributed by atoms with van der Waals surface area (Å²) in [5, 5.41) is 8.85. The first kappa shape index (κ1) is 12.2. The van der Waals surface area contributed by atoms with Crippen molar-refractivity contribution in [2.45, 2.75) is 6.54 Å². The van der Waals surface area contributed by atoms with Crippen molar-refractivity contribution in [3.63, 3.8) is 0 Å². The number of anilines is 1. The first-order chi connectivity index (χ1) is 9.22. The highest BCUT2D eigenvalue weighted by Gasteiger charge is 2.01. The summed E-state index contributed by atoms with van der Waals surface area (Å²) in [6.07, 6.45) is 1.88. The molecule has 0 fully saturated rings. The Balaban J connectivity index is 1.77. The number of benzene rings is 2. The minimum absolute atomic E-state index is 0.816. The second kappa shape index (κ2) is 5.05. The van der Waals surface area contributed by atoms with Crippen molar-refractivity contribution < 1.29 is 0 Å². The standard InChI is InChI=1S/C15H14BrN3/c1-19-15-8-14(7-4-12(15)10-18-19)17-9-11-2-5-13(16)6-3-11/h2-8,10,17H,9H2,1H3. The molecule has 4 heteroatoms. The van der Waals surface area contributed by atoms with Crippen LogP contribution in [0.15, 0.2) is 53.1 Å². The monoisotopic (exact) mass is 315 g/mol. The summed E-state index contributed by atoms with van der Waals surface area (Å²) in [6.45, 7) is 0.816. The molecule has 0 saturated heterocycles. The quantitative estimate of drug-likeness (QED) is 0.793. The largest absolute Gasteiger partial charge is 0.381 e. The maximum Gasteiger partial charge on any atom is 0.0699 e. The molecule has 2 aromatic carbocycles. The number of nitrogens with one attached hydrogen (secondary N) is 1. The van der Waals surface area contributed by atoms with E-state index in [2.05, 4.69) is 68.8 Å². The number of halogens is 1. The lowest BCUT2D eigenvalue weighted by Crippen LogP contribution is -1.99. The van der Waals surface area contributed by atoms with E-state index in [0.29, 0.717) is 0 Å². The molecule has 3 nitrogen and oxygen atoms in total. The fourth-order valence-electron chi connectivity index (χ4n) is 2.06. The predicted octanol–water partition coefficient (Wildman–Crippen LogP) is 3.95. The van der Waals surface area contributed by atoms with Gasteiger partial charge in [0.1, 0.15) is 0 Å². The molecular weight excluding hydrogens is 302 g/mol. The first-order valence-electron chi connectivity index (χ1n) is 6.12. The van der Waals surface area contributed by atoms with Crippen LogP contribution in [0.25, 0.3) is 10.9 Å². The van der Waals surface area contributed by atoms with Crippen molar-refractivity contribution in [3.05, 3.63) is 58.7 Å². The summed E-state index contributed by atoms with van der Waals surface area (Å²) in [6, 6.07) is 14.6. The Morgan fingerprint density at radius 2 is 1.95 bits per heavy atom. The van der Waals surface area contributed by atoms with Gasteiger partial charge in [0.25, 0.3) is 0 Å². The average Bonchev–Trinajstić information content (AvgIpc) is 2.80. The van der Waals surface area contributed by atoms with Crippen molar-refractivity contribution in [1.82, 2.24) is 9.78 Å². The molecule has 0 saturated carbocycles. The van der Waals surface area contributed by atoms with Gasteiger partial charge in [-0.15, -0.1) is 0 Å². The molecule has 0 aliphatic heterocycles. The number of hydrogen-bond acceptors (Lipinski definition) is 2. The van der Waals surface area contributed by atoms with Gasteiger partial charge < -0.3 is 5.32 Å². The van der Waals surface area contributed by atoms with Crippen LogP contribution in [0.1, 0.15) is 5.56 Å². The summed E-state index contributed by atoms with van der Waals surface area (Å²) in [5.41, 5.74) is 3.51. The fourth-order valence-corrected chi connectivity index (χ4v) is 2.32. The van der Waals surface area contributed by atoms with E-state index in [1.165, 1.54) is 5.56 Å². The topological polar surface area (TPSA) is 29.9 Å².